The molecule has 0 aromatic heterocycles. The number of nitrogens with one attached hydrogen (secondary N) is 1. The predicted octanol–water partition coefficient (Wildman–Crippen LogP) is 3.55. The van der Waals surface area contributed by atoms with Crippen molar-refractivity contribution in [2.45, 2.75) is 19.4 Å². The Labute approximate surface area is 148 Å². The quantitative estimate of drug-likeness (QED) is 0.763. The predicted molar refractivity (Wildman–Crippen MR) is 91.8 cm³/mol. The van der Waals surface area contributed by atoms with E-state index in [9.17, 15) is 14.0 Å². The van der Waals surface area contributed by atoms with Crippen LogP contribution in [-0.4, -0.2) is 18.5 Å². The van der Waals surface area contributed by atoms with Crippen LogP contribution in [0.25, 0.3) is 0 Å². The molecular weight excluding hydrogens is 377 g/mol. The van der Waals surface area contributed by atoms with Crippen LogP contribution in [0.2, 0.25) is 0 Å². The third kappa shape index (κ3) is 5.45. The van der Waals surface area contributed by atoms with Crippen LogP contribution in [0.5, 0.6) is 0 Å². The van der Waals surface area contributed by atoms with Crippen molar-refractivity contribution in [3.05, 3.63) is 69.9 Å². The summed E-state index contributed by atoms with van der Waals surface area (Å²) in [5.41, 5.74) is 1.56. The number of carbonyl (C=O) groups is 2. The number of amides is 1. The summed E-state index contributed by atoms with van der Waals surface area (Å²) in [6, 6.07) is 12.9. The molecule has 2 aromatic rings. The summed E-state index contributed by atoms with van der Waals surface area (Å²) in [6.07, 6.45) is -0.00660. The first-order valence-corrected chi connectivity index (χ1v) is 8.19. The Bertz CT molecular complexity index is 718. The molecule has 0 unspecified atom stereocenters. The highest BCUT2D eigenvalue weighted by Gasteiger charge is 2.14. The van der Waals surface area contributed by atoms with Crippen LogP contribution >= 0.6 is 15.9 Å². The summed E-state index contributed by atoms with van der Waals surface area (Å²) < 4.78 is 18.6. The molecule has 0 aliphatic heterocycles. The first-order chi connectivity index (χ1) is 11.5. The minimum Gasteiger partial charge on any atom is -0.455 e. The first kappa shape index (κ1) is 18.1. The Morgan fingerprint density at radius 2 is 1.83 bits per heavy atom. The van der Waals surface area contributed by atoms with E-state index in [0.717, 1.165) is 10.0 Å². The van der Waals surface area contributed by atoms with E-state index in [-0.39, 0.29) is 30.8 Å². The Kier molecular flexibility index (Phi) is 6.49. The lowest BCUT2D eigenvalue weighted by Gasteiger charge is -2.15. The molecular formula is C18H17BrFNO3. The minimum absolute atomic E-state index is 0.00660. The van der Waals surface area contributed by atoms with Crippen LogP contribution in [0.15, 0.2) is 53.0 Å². The molecule has 0 aliphatic rings. The maximum absolute atomic E-state index is 12.8. The van der Waals surface area contributed by atoms with Gasteiger partial charge in [0, 0.05) is 4.47 Å². The Hall–Kier alpha value is -2.21. The van der Waals surface area contributed by atoms with Crippen molar-refractivity contribution in [2.75, 3.05) is 6.61 Å². The van der Waals surface area contributed by atoms with Crippen LogP contribution in [0, 0.1) is 5.82 Å². The van der Waals surface area contributed by atoms with Gasteiger partial charge in [0.25, 0.3) is 5.91 Å². The van der Waals surface area contributed by atoms with E-state index in [2.05, 4.69) is 21.2 Å². The van der Waals surface area contributed by atoms with Gasteiger partial charge in [-0.15, -0.1) is 0 Å². The summed E-state index contributed by atoms with van der Waals surface area (Å²) >= 11 is 3.43. The average molecular weight is 394 g/mol. The van der Waals surface area contributed by atoms with E-state index in [1.165, 1.54) is 24.3 Å². The molecule has 0 spiro atoms. The Balaban J connectivity index is 1.79. The fourth-order valence-electron chi connectivity index (χ4n) is 2.15. The highest BCUT2D eigenvalue weighted by atomic mass is 79.9. The monoisotopic (exact) mass is 393 g/mol. The van der Waals surface area contributed by atoms with E-state index in [1.54, 1.807) is 0 Å². The standard InChI is InChI=1S/C18H17BrFNO3/c1-12(15-4-2-3-5-16(15)19)21-17(22)11-24-18(23)10-13-6-8-14(20)9-7-13/h2-9,12H,10-11H2,1H3,(H,21,22)/t12-/m1/s1. The van der Waals surface area contributed by atoms with Gasteiger partial charge in [0.15, 0.2) is 6.61 Å². The second-order valence-electron chi connectivity index (χ2n) is 5.27. The first-order valence-electron chi connectivity index (χ1n) is 7.39. The van der Waals surface area contributed by atoms with Gasteiger partial charge in [-0.25, -0.2) is 4.39 Å². The van der Waals surface area contributed by atoms with Gasteiger partial charge in [0.2, 0.25) is 0 Å². The van der Waals surface area contributed by atoms with Crippen molar-refractivity contribution in [3.8, 4) is 0 Å². The number of halogens is 2. The van der Waals surface area contributed by atoms with Gasteiger partial charge < -0.3 is 10.1 Å². The zero-order chi connectivity index (χ0) is 17.5. The molecule has 1 N–H and O–H groups in total. The number of hydrogen-bond acceptors (Lipinski definition) is 3. The van der Waals surface area contributed by atoms with Crippen LogP contribution in [-0.2, 0) is 20.7 Å². The van der Waals surface area contributed by atoms with Gasteiger partial charge in [0.1, 0.15) is 5.82 Å². The van der Waals surface area contributed by atoms with E-state index in [4.69, 9.17) is 4.74 Å². The summed E-state index contributed by atoms with van der Waals surface area (Å²) in [7, 11) is 0. The smallest absolute Gasteiger partial charge is 0.310 e. The Morgan fingerprint density at radius 3 is 2.50 bits per heavy atom. The molecule has 0 bridgehead atoms. The molecule has 24 heavy (non-hydrogen) atoms. The van der Waals surface area contributed by atoms with E-state index in [1.807, 2.05) is 31.2 Å². The van der Waals surface area contributed by atoms with Crippen molar-refractivity contribution >= 4 is 27.8 Å². The zero-order valence-corrected chi connectivity index (χ0v) is 14.7. The van der Waals surface area contributed by atoms with Gasteiger partial charge in [-0.2, -0.15) is 0 Å². The second-order valence-corrected chi connectivity index (χ2v) is 6.13. The molecule has 0 radical (unpaired) electrons. The molecule has 0 heterocycles. The molecule has 0 saturated carbocycles. The van der Waals surface area contributed by atoms with E-state index >= 15 is 0 Å². The number of carbonyl (C=O) groups excluding carboxylic acids is 2. The number of hydrogen-bond donors (Lipinski definition) is 1. The summed E-state index contributed by atoms with van der Waals surface area (Å²) in [5, 5.41) is 2.77. The highest BCUT2D eigenvalue weighted by molar-refractivity contribution is 9.10. The van der Waals surface area contributed by atoms with Gasteiger partial charge in [-0.3, -0.25) is 9.59 Å². The maximum atomic E-state index is 12.8. The maximum Gasteiger partial charge on any atom is 0.310 e. The lowest BCUT2D eigenvalue weighted by Crippen LogP contribution is -2.31. The highest BCUT2D eigenvalue weighted by Crippen LogP contribution is 2.22. The number of benzene rings is 2. The number of ether oxygens (including phenoxy) is 1. The second kappa shape index (κ2) is 8.59. The molecule has 2 aromatic carbocycles. The van der Waals surface area contributed by atoms with Crippen molar-refractivity contribution < 1.29 is 18.7 Å². The van der Waals surface area contributed by atoms with Crippen molar-refractivity contribution in [3.63, 3.8) is 0 Å². The van der Waals surface area contributed by atoms with Crippen molar-refractivity contribution in [1.29, 1.82) is 0 Å². The molecule has 6 heteroatoms. The zero-order valence-electron chi connectivity index (χ0n) is 13.1. The SMILES string of the molecule is C[C@@H](NC(=O)COC(=O)Cc1ccc(F)cc1)c1ccccc1Br. The van der Waals surface area contributed by atoms with Crippen LogP contribution in [0.4, 0.5) is 4.39 Å². The number of rotatable bonds is 6. The van der Waals surface area contributed by atoms with E-state index < -0.39 is 5.97 Å². The van der Waals surface area contributed by atoms with Gasteiger partial charge >= 0.3 is 5.97 Å². The number of esters is 1. The van der Waals surface area contributed by atoms with E-state index in [0.29, 0.717) is 5.56 Å². The molecule has 0 aliphatic carbocycles. The largest absolute Gasteiger partial charge is 0.455 e. The molecule has 126 valence electrons. The molecule has 0 fully saturated rings. The average Bonchev–Trinajstić information content (AvgIpc) is 2.55. The summed E-state index contributed by atoms with van der Waals surface area (Å²) in [6.45, 7) is 1.49. The molecule has 1 amide bonds. The lowest BCUT2D eigenvalue weighted by atomic mass is 10.1. The van der Waals surface area contributed by atoms with Gasteiger partial charge in [-0.1, -0.05) is 46.3 Å². The fourth-order valence-corrected chi connectivity index (χ4v) is 2.78. The van der Waals surface area contributed by atoms with Crippen LogP contribution in [0.3, 0.4) is 0 Å². The fraction of sp³-hybridized carbons (Fsp3) is 0.222. The molecule has 1 atom stereocenters. The lowest BCUT2D eigenvalue weighted by molar-refractivity contribution is -0.148. The van der Waals surface area contributed by atoms with Crippen LogP contribution < -0.4 is 5.32 Å². The minimum atomic E-state index is -0.537. The van der Waals surface area contributed by atoms with Crippen molar-refractivity contribution in [2.24, 2.45) is 0 Å². The van der Waals surface area contributed by atoms with Gasteiger partial charge in [-0.05, 0) is 36.2 Å². The van der Waals surface area contributed by atoms with Gasteiger partial charge in [0.05, 0.1) is 12.5 Å². The Morgan fingerprint density at radius 1 is 1.17 bits per heavy atom. The topological polar surface area (TPSA) is 55.4 Å². The normalized spacial score (nSPS) is 11.6. The molecule has 2 rings (SSSR count). The molecule has 4 nitrogen and oxygen atoms in total. The third-order valence-electron chi connectivity index (χ3n) is 3.38. The summed E-state index contributed by atoms with van der Waals surface area (Å²) in [5.74, 6) is -1.29. The summed E-state index contributed by atoms with van der Waals surface area (Å²) in [4.78, 5) is 23.6. The van der Waals surface area contributed by atoms with Crippen LogP contribution in [0.1, 0.15) is 24.1 Å². The third-order valence-corrected chi connectivity index (χ3v) is 4.10. The molecule has 0 saturated heterocycles. The van der Waals surface area contributed by atoms with Crippen molar-refractivity contribution in [1.82, 2.24) is 5.32 Å².